The fourth-order valence-corrected chi connectivity index (χ4v) is 3.04. The molecule has 0 radical (unpaired) electrons. The molecule has 1 saturated heterocycles. The molecule has 17 heavy (non-hydrogen) atoms. The van der Waals surface area contributed by atoms with Gasteiger partial charge < -0.3 is 15.4 Å². The molecule has 0 bridgehead atoms. The Morgan fingerprint density at radius 2 is 2.18 bits per heavy atom. The number of hydrogen-bond acceptors (Lipinski definition) is 4. The first-order valence-corrected chi connectivity index (χ1v) is 6.83. The number of ether oxygens (including phenoxy) is 1. The molecule has 2 atom stereocenters. The molecule has 2 aliphatic rings. The zero-order valence-corrected chi connectivity index (χ0v) is 10.7. The third-order valence-corrected chi connectivity index (χ3v) is 4.15. The van der Waals surface area contributed by atoms with Gasteiger partial charge in [-0.3, -0.25) is 4.79 Å². The molecule has 4 nitrogen and oxygen atoms in total. The summed E-state index contributed by atoms with van der Waals surface area (Å²) in [5.74, 6) is 0.413. The molecule has 1 heterocycles. The summed E-state index contributed by atoms with van der Waals surface area (Å²) < 4.78 is 4.93. The zero-order valence-electron chi connectivity index (χ0n) is 10.7. The largest absolute Gasteiger partial charge is 0.469 e. The molecule has 0 aromatic rings. The zero-order chi connectivity index (χ0) is 12.1. The fraction of sp³-hybridized carbons (Fsp3) is 0.923. The number of carbonyl (C=O) groups excluding carboxylic acids is 1. The Morgan fingerprint density at radius 1 is 1.41 bits per heavy atom. The molecule has 1 saturated carbocycles. The summed E-state index contributed by atoms with van der Waals surface area (Å²) in [4.78, 5) is 11.8. The van der Waals surface area contributed by atoms with Crippen LogP contribution in [-0.4, -0.2) is 38.8 Å². The highest BCUT2D eigenvalue weighted by Gasteiger charge is 2.31. The van der Waals surface area contributed by atoms with Gasteiger partial charge in [0.05, 0.1) is 13.0 Å². The first-order chi connectivity index (χ1) is 8.31. The maximum atomic E-state index is 11.8. The van der Waals surface area contributed by atoms with E-state index in [1.807, 2.05) is 0 Å². The van der Waals surface area contributed by atoms with E-state index in [1.54, 1.807) is 0 Å². The van der Waals surface area contributed by atoms with Crippen molar-refractivity contribution in [3.63, 3.8) is 0 Å². The molecule has 0 aromatic heterocycles. The van der Waals surface area contributed by atoms with Gasteiger partial charge in [0.2, 0.25) is 0 Å². The topological polar surface area (TPSA) is 50.4 Å². The van der Waals surface area contributed by atoms with E-state index < -0.39 is 0 Å². The fourth-order valence-electron chi connectivity index (χ4n) is 3.04. The molecule has 2 fully saturated rings. The third kappa shape index (κ3) is 3.42. The van der Waals surface area contributed by atoms with E-state index in [1.165, 1.54) is 32.8 Å². The summed E-state index contributed by atoms with van der Waals surface area (Å²) in [7, 11) is 1.49. The maximum Gasteiger partial charge on any atom is 0.310 e. The summed E-state index contributed by atoms with van der Waals surface area (Å²) in [6, 6.07) is 0.622. The van der Waals surface area contributed by atoms with Gasteiger partial charge >= 0.3 is 5.97 Å². The lowest BCUT2D eigenvalue weighted by Gasteiger charge is -2.23. The molecular weight excluding hydrogens is 216 g/mol. The molecule has 2 N–H and O–H groups in total. The lowest BCUT2D eigenvalue weighted by Crippen LogP contribution is -2.39. The van der Waals surface area contributed by atoms with Crippen molar-refractivity contribution in [2.75, 3.05) is 26.7 Å². The minimum absolute atomic E-state index is 0.0237. The van der Waals surface area contributed by atoms with Crippen molar-refractivity contribution in [1.29, 1.82) is 0 Å². The quantitative estimate of drug-likeness (QED) is 0.702. The highest BCUT2D eigenvalue weighted by atomic mass is 16.5. The van der Waals surface area contributed by atoms with E-state index >= 15 is 0 Å². The van der Waals surface area contributed by atoms with Crippen LogP contribution in [0.25, 0.3) is 0 Å². The molecular formula is C13H24N2O2. The molecule has 2 rings (SSSR count). The molecule has 1 aliphatic carbocycles. The van der Waals surface area contributed by atoms with Gasteiger partial charge in [-0.05, 0) is 38.3 Å². The molecule has 0 spiro atoms. The van der Waals surface area contributed by atoms with Gasteiger partial charge in [-0.1, -0.05) is 12.8 Å². The van der Waals surface area contributed by atoms with Crippen LogP contribution >= 0.6 is 0 Å². The predicted molar refractivity (Wildman–Crippen MR) is 66.7 cm³/mol. The standard InChI is InChI=1S/C13H24N2O2/c1-17-13(16)12(10-6-7-14-8-10)9-15-11-4-2-3-5-11/h10-12,14-15H,2-9H2,1H3. The van der Waals surface area contributed by atoms with E-state index in [0.29, 0.717) is 12.0 Å². The average Bonchev–Trinajstić information content (AvgIpc) is 3.01. The van der Waals surface area contributed by atoms with Crippen molar-refractivity contribution in [2.45, 2.75) is 38.1 Å². The summed E-state index contributed by atoms with van der Waals surface area (Å²) >= 11 is 0. The van der Waals surface area contributed by atoms with E-state index in [4.69, 9.17) is 4.74 Å². The smallest absolute Gasteiger partial charge is 0.310 e. The second-order valence-electron chi connectivity index (χ2n) is 5.27. The Hall–Kier alpha value is -0.610. The summed E-state index contributed by atoms with van der Waals surface area (Å²) in [5.41, 5.74) is 0. The van der Waals surface area contributed by atoms with E-state index in [-0.39, 0.29) is 11.9 Å². The van der Waals surface area contributed by atoms with Crippen molar-refractivity contribution in [3.05, 3.63) is 0 Å². The summed E-state index contributed by atoms with van der Waals surface area (Å²) in [5, 5.41) is 6.87. The molecule has 98 valence electrons. The van der Waals surface area contributed by atoms with Crippen LogP contribution in [0.2, 0.25) is 0 Å². The Kier molecular flexibility index (Phi) is 4.80. The summed E-state index contributed by atoms with van der Waals surface area (Å²) in [6.45, 7) is 2.76. The first-order valence-electron chi connectivity index (χ1n) is 6.83. The van der Waals surface area contributed by atoms with E-state index in [2.05, 4.69) is 10.6 Å². The molecule has 0 aromatic carbocycles. The van der Waals surface area contributed by atoms with E-state index in [0.717, 1.165) is 26.1 Å². The Balaban J connectivity index is 1.83. The molecule has 2 unspecified atom stereocenters. The van der Waals surface area contributed by atoms with Crippen LogP contribution in [0.4, 0.5) is 0 Å². The second-order valence-corrected chi connectivity index (χ2v) is 5.27. The van der Waals surface area contributed by atoms with Gasteiger partial charge in [-0.15, -0.1) is 0 Å². The number of hydrogen-bond donors (Lipinski definition) is 2. The lowest BCUT2D eigenvalue weighted by molar-refractivity contribution is -0.147. The number of methoxy groups -OCH3 is 1. The van der Waals surface area contributed by atoms with Crippen LogP contribution < -0.4 is 10.6 Å². The van der Waals surface area contributed by atoms with Gasteiger partial charge in [0.25, 0.3) is 0 Å². The first kappa shape index (κ1) is 12.8. The summed E-state index contributed by atoms with van der Waals surface area (Å²) in [6.07, 6.45) is 6.26. The monoisotopic (exact) mass is 240 g/mol. The van der Waals surface area contributed by atoms with Gasteiger partial charge in [-0.2, -0.15) is 0 Å². The van der Waals surface area contributed by atoms with Crippen LogP contribution in [0.3, 0.4) is 0 Å². The lowest BCUT2D eigenvalue weighted by atomic mass is 9.91. The normalized spacial score (nSPS) is 27.2. The number of nitrogens with one attached hydrogen (secondary N) is 2. The van der Waals surface area contributed by atoms with Crippen LogP contribution in [0.5, 0.6) is 0 Å². The third-order valence-electron chi connectivity index (χ3n) is 4.15. The van der Waals surface area contributed by atoms with Crippen LogP contribution in [0.15, 0.2) is 0 Å². The second kappa shape index (κ2) is 6.36. The van der Waals surface area contributed by atoms with Gasteiger partial charge in [0.15, 0.2) is 0 Å². The molecule has 4 heteroatoms. The number of rotatable bonds is 5. The maximum absolute atomic E-state index is 11.8. The molecule has 1 aliphatic heterocycles. The Morgan fingerprint density at radius 3 is 2.76 bits per heavy atom. The van der Waals surface area contributed by atoms with Gasteiger partial charge in [0.1, 0.15) is 0 Å². The number of esters is 1. The molecule has 0 amide bonds. The Labute approximate surface area is 103 Å². The van der Waals surface area contributed by atoms with Crippen molar-refractivity contribution in [2.24, 2.45) is 11.8 Å². The van der Waals surface area contributed by atoms with Gasteiger partial charge in [0, 0.05) is 12.6 Å². The highest BCUT2D eigenvalue weighted by Crippen LogP contribution is 2.22. The van der Waals surface area contributed by atoms with Gasteiger partial charge in [-0.25, -0.2) is 0 Å². The average molecular weight is 240 g/mol. The van der Waals surface area contributed by atoms with Crippen molar-refractivity contribution < 1.29 is 9.53 Å². The predicted octanol–water partition coefficient (Wildman–Crippen LogP) is 0.917. The van der Waals surface area contributed by atoms with Crippen LogP contribution in [0, 0.1) is 11.8 Å². The minimum Gasteiger partial charge on any atom is -0.469 e. The van der Waals surface area contributed by atoms with Crippen molar-refractivity contribution in [3.8, 4) is 0 Å². The van der Waals surface area contributed by atoms with Crippen molar-refractivity contribution >= 4 is 5.97 Å². The Bertz CT molecular complexity index is 246. The van der Waals surface area contributed by atoms with E-state index in [9.17, 15) is 4.79 Å². The SMILES string of the molecule is COC(=O)C(CNC1CCCC1)C1CCNC1. The minimum atomic E-state index is -0.0517. The highest BCUT2D eigenvalue weighted by molar-refractivity contribution is 5.73. The van der Waals surface area contributed by atoms with Crippen LogP contribution in [-0.2, 0) is 9.53 Å². The number of carbonyl (C=O) groups is 1. The van der Waals surface area contributed by atoms with Crippen molar-refractivity contribution in [1.82, 2.24) is 10.6 Å². The van der Waals surface area contributed by atoms with Crippen LogP contribution in [0.1, 0.15) is 32.1 Å².